The number of allylic oxidation sites excluding steroid dienone is 2. The zero-order valence-electron chi connectivity index (χ0n) is 35.6. The minimum absolute atomic E-state index is 0.255. The summed E-state index contributed by atoms with van der Waals surface area (Å²) in [4.78, 5) is 13.1. The number of hydrogen-bond donors (Lipinski definition) is 8. The number of carbonyl (C=O) groups excluding carboxylic acids is 1. The zero-order valence-corrected chi connectivity index (χ0v) is 35.6. The third-order valence-corrected chi connectivity index (χ3v) is 11.3. The Hall–Kier alpha value is -1.15. The lowest BCUT2D eigenvalue weighted by molar-refractivity contribution is -0.303. The van der Waals surface area contributed by atoms with Crippen LogP contribution in [-0.4, -0.2) is 110 Å². The molecule has 11 nitrogen and oxygen atoms in total. The van der Waals surface area contributed by atoms with Gasteiger partial charge in [-0.1, -0.05) is 174 Å². The van der Waals surface area contributed by atoms with Crippen LogP contribution in [0, 0.1) is 0 Å². The number of rotatable bonds is 38. The van der Waals surface area contributed by atoms with Crippen molar-refractivity contribution in [2.24, 2.45) is 0 Å². The Labute approximate surface area is 341 Å². The van der Waals surface area contributed by atoms with Crippen LogP contribution in [0.15, 0.2) is 12.2 Å². The highest BCUT2D eigenvalue weighted by Gasteiger charge is 2.44. The highest BCUT2D eigenvalue weighted by atomic mass is 16.7. The van der Waals surface area contributed by atoms with Gasteiger partial charge in [-0.3, -0.25) is 4.79 Å². The minimum atomic E-state index is -1.66. The Bertz CT molecular complexity index is 923. The highest BCUT2D eigenvalue weighted by Crippen LogP contribution is 2.23. The molecule has 56 heavy (non-hydrogen) atoms. The van der Waals surface area contributed by atoms with E-state index in [2.05, 4.69) is 31.3 Å². The number of aliphatic hydroxyl groups excluding tert-OH is 7. The number of amides is 1. The molecule has 9 atom stereocenters. The highest BCUT2D eigenvalue weighted by molar-refractivity contribution is 5.80. The molecule has 1 rings (SSSR count). The van der Waals surface area contributed by atoms with Gasteiger partial charge in [0.15, 0.2) is 6.29 Å². The lowest BCUT2D eigenvalue weighted by Gasteiger charge is -2.40. The smallest absolute Gasteiger partial charge is 0.249 e. The molecule has 0 aliphatic carbocycles. The van der Waals surface area contributed by atoms with Gasteiger partial charge in [0.25, 0.3) is 0 Å². The topological polar surface area (TPSA) is 189 Å². The van der Waals surface area contributed by atoms with Crippen molar-refractivity contribution in [2.45, 2.75) is 255 Å². The molecule has 0 bridgehead atoms. The van der Waals surface area contributed by atoms with Crippen molar-refractivity contribution in [2.75, 3.05) is 13.2 Å². The molecule has 0 aromatic heterocycles. The first-order valence-corrected chi connectivity index (χ1v) is 23.1. The summed E-state index contributed by atoms with van der Waals surface area (Å²) in [6.07, 6.45) is 25.4. The second kappa shape index (κ2) is 35.8. The molecule has 0 saturated carbocycles. The second-order valence-corrected chi connectivity index (χ2v) is 16.5. The minimum Gasteiger partial charge on any atom is -0.394 e. The van der Waals surface area contributed by atoms with Gasteiger partial charge >= 0.3 is 0 Å². The van der Waals surface area contributed by atoms with Gasteiger partial charge in [0.05, 0.1) is 25.4 Å². The normalized spacial score (nSPS) is 22.3. The Morgan fingerprint density at radius 1 is 0.607 bits per heavy atom. The van der Waals surface area contributed by atoms with Crippen LogP contribution >= 0.6 is 0 Å². The van der Waals surface area contributed by atoms with Gasteiger partial charge in [-0.25, -0.2) is 0 Å². The molecule has 0 aromatic carbocycles. The monoisotopic (exact) mass is 802 g/mol. The van der Waals surface area contributed by atoms with Gasteiger partial charge in [-0.05, 0) is 38.5 Å². The molecule has 0 spiro atoms. The van der Waals surface area contributed by atoms with Crippen LogP contribution in [0.25, 0.3) is 0 Å². The summed E-state index contributed by atoms with van der Waals surface area (Å²) < 4.78 is 11.1. The molecule has 8 N–H and O–H groups in total. The van der Waals surface area contributed by atoms with Gasteiger partial charge < -0.3 is 50.5 Å². The van der Waals surface area contributed by atoms with Crippen molar-refractivity contribution in [1.29, 1.82) is 0 Å². The summed E-state index contributed by atoms with van der Waals surface area (Å²) in [6.45, 7) is 3.42. The van der Waals surface area contributed by atoms with E-state index in [-0.39, 0.29) is 6.42 Å². The first-order valence-electron chi connectivity index (χ1n) is 23.1. The summed E-state index contributed by atoms with van der Waals surface area (Å²) in [5, 5.41) is 75.6. The van der Waals surface area contributed by atoms with Crippen molar-refractivity contribution in [1.82, 2.24) is 5.32 Å². The predicted octanol–water partition coefficient (Wildman–Crippen LogP) is 7.28. The van der Waals surface area contributed by atoms with E-state index in [1.54, 1.807) is 0 Å². The lowest BCUT2D eigenvalue weighted by Crippen LogP contribution is -2.60. The third kappa shape index (κ3) is 25.4. The number of hydrogen-bond acceptors (Lipinski definition) is 10. The fourth-order valence-electron chi connectivity index (χ4n) is 7.43. The van der Waals surface area contributed by atoms with Crippen molar-refractivity contribution in [3.8, 4) is 0 Å². The summed E-state index contributed by atoms with van der Waals surface area (Å²) in [5.41, 5.74) is 0. The molecule has 1 fully saturated rings. The second-order valence-electron chi connectivity index (χ2n) is 16.5. The van der Waals surface area contributed by atoms with Crippen LogP contribution in [0.1, 0.15) is 200 Å². The Morgan fingerprint density at radius 2 is 1.04 bits per heavy atom. The fraction of sp³-hybridized carbons (Fsp3) is 0.933. The first-order chi connectivity index (χ1) is 27.2. The number of unbranched alkanes of at least 4 members (excludes halogenated alkanes) is 24. The Morgan fingerprint density at radius 3 is 1.50 bits per heavy atom. The lowest BCUT2D eigenvalue weighted by atomic mass is 9.98. The molecule has 9 unspecified atom stereocenters. The Balaban J connectivity index is 2.46. The summed E-state index contributed by atoms with van der Waals surface area (Å²) in [6, 6.07) is -1.17. The first kappa shape index (κ1) is 52.9. The molecular formula is C45H87NO10. The number of aliphatic hydroxyl groups is 7. The van der Waals surface area contributed by atoms with Gasteiger partial charge in [0.1, 0.15) is 36.6 Å². The molecule has 0 radical (unpaired) electrons. The van der Waals surface area contributed by atoms with Gasteiger partial charge in [-0.15, -0.1) is 0 Å². The summed E-state index contributed by atoms with van der Waals surface area (Å²) in [5.74, 6) is -0.702. The molecular weight excluding hydrogens is 714 g/mol. The maximum atomic E-state index is 13.1. The SMILES string of the molecule is CCCCCCCC/C=C\CCCCCCCCC(O)C(=O)NC(COC1OC(CO)C(O)C(O)C1O)C(O)C(O)CCCCCCCCCCCCCCC. The van der Waals surface area contributed by atoms with Crippen molar-refractivity contribution in [3.63, 3.8) is 0 Å². The van der Waals surface area contributed by atoms with E-state index in [1.807, 2.05) is 0 Å². The van der Waals surface area contributed by atoms with E-state index in [0.29, 0.717) is 19.3 Å². The Kier molecular flexibility index (Phi) is 33.8. The predicted molar refractivity (Wildman–Crippen MR) is 224 cm³/mol. The number of nitrogens with one attached hydrogen (secondary N) is 1. The van der Waals surface area contributed by atoms with E-state index in [0.717, 1.165) is 57.8 Å². The molecule has 1 aliphatic rings. The van der Waals surface area contributed by atoms with Crippen LogP contribution in [0.3, 0.4) is 0 Å². The van der Waals surface area contributed by atoms with Crippen molar-refractivity contribution < 1.29 is 50.0 Å². The van der Waals surface area contributed by atoms with Crippen molar-refractivity contribution >= 4 is 5.91 Å². The summed E-state index contributed by atoms with van der Waals surface area (Å²) >= 11 is 0. The molecule has 1 saturated heterocycles. The fourth-order valence-corrected chi connectivity index (χ4v) is 7.43. The van der Waals surface area contributed by atoms with Crippen molar-refractivity contribution in [3.05, 3.63) is 12.2 Å². The maximum Gasteiger partial charge on any atom is 0.249 e. The van der Waals surface area contributed by atoms with Gasteiger partial charge in [0.2, 0.25) is 5.91 Å². The third-order valence-electron chi connectivity index (χ3n) is 11.3. The van der Waals surface area contributed by atoms with E-state index >= 15 is 0 Å². The van der Waals surface area contributed by atoms with Gasteiger partial charge in [-0.2, -0.15) is 0 Å². The average Bonchev–Trinajstić information content (AvgIpc) is 3.20. The van der Waals surface area contributed by atoms with E-state index < -0.39 is 74.2 Å². The zero-order chi connectivity index (χ0) is 41.2. The molecule has 332 valence electrons. The molecule has 1 aliphatic heterocycles. The summed E-state index contributed by atoms with van der Waals surface area (Å²) in [7, 11) is 0. The molecule has 11 heteroatoms. The average molecular weight is 802 g/mol. The van der Waals surface area contributed by atoms with E-state index in [4.69, 9.17) is 9.47 Å². The molecule has 1 amide bonds. The van der Waals surface area contributed by atoms with Gasteiger partial charge in [0, 0.05) is 0 Å². The number of ether oxygens (including phenoxy) is 2. The largest absolute Gasteiger partial charge is 0.394 e. The quantitative estimate of drug-likeness (QED) is 0.0233. The standard InChI is InChI=1S/C45H87NO10/c1-3-5-7-9-11-13-15-17-18-19-21-23-25-27-29-31-33-38(49)44(54)46-36(35-55-45-43(53)42(52)41(51)39(34-47)56-45)40(50)37(48)32-30-28-26-24-22-20-16-14-12-10-8-6-4-2/h17-18,36-43,45,47-53H,3-16,19-35H2,1-2H3,(H,46,54)/b18-17-. The van der Waals surface area contributed by atoms with Crippen LogP contribution < -0.4 is 5.32 Å². The molecule has 0 aromatic rings. The molecule has 1 heterocycles. The van der Waals surface area contributed by atoms with E-state index in [9.17, 15) is 40.5 Å². The number of carbonyl (C=O) groups is 1. The van der Waals surface area contributed by atoms with Crippen LogP contribution in [0.5, 0.6) is 0 Å². The van der Waals surface area contributed by atoms with E-state index in [1.165, 1.54) is 103 Å². The van der Waals surface area contributed by atoms with Crippen LogP contribution in [0.2, 0.25) is 0 Å². The maximum absolute atomic E-state index is 13.1. The van der Waals surface area contributed by atoms with Crippen LogP contribution in [-0.2, 0) is 14.3 Å². The van der Waals surface area contributed by atoms with Crippen LogP contribution in [0.4, 0.5) is 0 Å².